The van der Waals surface area contributed by atoms with E-state index in [1.165, 1.54) is 12.1 Å². The van der Waals surface area contributed by atoms with Crippen LogP contribution >= 0.6 is 12.2 Å². The maximum atomic E-state index is 13.7. The van der Waals surface area contributed by atoms with E-state index in [1.54, 1.807) is 11.0 Å². The van der Waals surface area contributed by atoms with E-state index < -0.39 is 10.3 Å². The van der Waals surface area contributed by atoms with E-state index in [1.807, 2.05) is 0 Å². The molecule has 0 bridgehead atoms. The van der Waals surface area contributed by atoms with Crippen molar-refractivity contribution < 1.29 is 14.5 Å². The Labute approximate surface area is 167 Å². The molecule has 146 valence electrons. The van der Waals surface area contributed by atoms with Gasteiger partial charge < -0.3 is 10.2 Å². The third-order valence-electron chi connectivity index (χ3n) is 6.48. The van der Waals surface area contributed by atoms with Crippen LogP contribution in [-0.4, -0.2) is 45.4 Å². The fourth-order valence-electron chi connectivity index (χ4n) is 5.05. The molecule has 28 heavy (non-hydrogen) atoms. The number of piperidine rings is 1. The first-order chi connectivity index (χ1) is 13.4. The number of amides is 2. The van der Waals surface area contributed by atoms with Crippen LogP contribution in [0, 0.1) is 15.5 Å². The number of carbonyl (C=O) groups is 2. The summed E-state index contributed by atoms with van der Waals surface area (Å²) in [5, 5.41) is 14.2. The molecular weight excluding hydrogens is 380 g/mol. The van der Waals surface area contributed by atoms with E-state index in [2.05, 4.69) is 10.2 Å². The van der Waals surface area contributed by atoms with E-state index in [9.17, 15) is 19.7 Å². The van der Waals surface area contributed by atoms with Gasteiger partial charge in [0.15, 0.2) is 10.5 Å². The SMILES string of the molecule is O=C1NC(=S)N(C2CC2)C(=O)[C@@]12Cc1cc([N+](=O)[O-])ccc1N1CCCC[C@H]12. The normalized spacial score (nSPS) is 29.4. The molecule has 3 aliphatic heterocycles. The first-order valence-corrected chi connectivity index (χ1v) is 10.1. The molecule has 8 nitrogen and oxygen atoms in total. The number of benzene rings is 1. The second kappa shape index (κ2) is 5.97. The van der Waals surface area contributed by atoms with Gasteiger partial charge in [-0.05, 0) is 56.0 Å². The lowest BCUT2D eigenvalue weighted by Crippen LogP contribution is -2.72. The highest BCUT2D eigenvalue weighted by Crippen LogP contribution is 2.49. The summed E-state index contributed by atoms with van der Waals surface area (Å²) in [6.07, 6.45) is 4.58. The van der Waals surface area contributed by atoms with Gasteiger partial charge >= 0.3 is 0 Å². The van der Waals surface area contributed by atoms with Gasteiger partial charge in [0.05, 0.1) is 11.0 Å². The minimum atomic E-state index is -1.28. The summed E-state index contributed by atoms with van der Waals surface area (Å²) >= 11 is 5.30. The number of carbonyl (C=O) groups excluding carboxylic acids is 2. The molecule has 3 fully saturated rings. The Morgan fingerprint density at radius 3 is 2.71 bits per heavy atom. The molecule has 0 radical (unpaired) electrons. The minimum absolute atomic E-state index is 0.0254. The van der Waals surface area contributed by atoms with Crippen molar-refractivity contribution in [2.75, 3.05) is 11.4 Å². The summed E-state index contributed by atoms with van der Waals surface area (Å²) in [5.41, 5.74) is 0.266. The lowest BCUT2D eigenvalue weighted by molar-refractivity contribution is -0.384. The van der Waals surface area contributed by atoms with E-state index in [-0.39, 0.29) is 41.1 Å². The average molecular weight is 400 g/mol. The second-order valence-electron chi connectivity index (χ2n) is 8.09. The predicted molar refractivity (Wildman–Crippen MR) is 105 cm³/mol. The average Bonchev–Trinajstić information content (AvgIpc) is 3.50. The molecule has 1 aromatic carbocycles. The molecule has 0 aromatic heterocycles. The number of nitrogens with one attached hydrogen (secondary N) is 1. The molecule has 2 atom stereocenters. The summed E-state index contributed by atoms with van der Waals surface area (Å²) in [6, 6.07) is 4.56. The van der Waals surface area contributed by atoms with Gasteiger partial charge in [0.25, 0.3) is 5.69 Å². The van der Waals surface area contributed by atoms with Gasteiger partial charge in [0, 0.05) is 36.8 Å². The quantitative estimate of drug-likeness (QED) is 0.353. The Hall–Kier alpha value is -2.55. The van der Waals surface area contributed by atoms with Crippen molar-refractivity contribution in [1.82, 2.24) is 10.2 Å². The zero-order valence-electron chi connectivity index (χ0n) is 15.2. The lowest BCUT2D eigenvalue weighted by Gasteiger charge is -2.54. The van der Waals surface area contributed by atoms with E-state index in [4.69, 9.17) is 12.2 Å². The topological polar surface area (TPSA) is 95.8 Å². The standard InChI is InChI=1S/C19H20N4O4S/c24-16-19(17(25)22(12-4-5-12)18(28)20-16)10-11-9-13(23(26)27)6-7-14(11)21-8-2-1-3-15(19)21/h6-7,9,12,15H,1-5,8,10H2,(H,20,24,28)/t15-,19+/m0/s1. The highest BCUT2D eigenvalue weighted by molar-refractivity contribution is 7.80. The van der Waals surface area contributed by atoms with Crippen molar-refractivity contribution >= 4 is 40.5 Å². The molecule has 9 heteroatoms. The van der Waals surface area contributed by atoms with Crippen molar-refractivity contribution in [3.8, 4) is 0 Å². The fraction of sp³-hybridized carbons (Fsp3) is 0.526. The third kappa shape index (κ3) is 2.32. The van der Waals surface area contributed by atoms with Crippen LogP contribution in [0.5, 0.6) is 0 Å². The Bertz CT molecular complexity index is 931. The van der Waals surface area contributed by atoms with Crippen LogP contribution in [0.3, 0.4) is 0 Å². The molecule has 4 aliphatic rings. The Morgan fingerprint density at radius 1 is 1.21 bits per heavy atom. The monoisotopic (exact) mass is 400 g/mol. The number of thiocarbonyl (C=S) groups is 1. The number of fused-ring (bicyclic) bond motifs is 4. The molecule has 1 aromatic rings. The van der Waals surface area contributed by atoms with Crippen molar-refractivity contribution in [2.45, 2.75) is 50.6 Å². The van der Waals surface area contributed by atoms with Crippen LogP contribution in [0.4, 0.5) is 11.4 Å². The largest absolute Gasteiger partial charge is 0.367 e. The number of hydrogen-bond acceptors (Lipinski definition) is 6. The summed E-state index contributed by atoms with van der Waals surface area (Å²) in [6.45, 7) is 0.728. The van der Waals surface area contributed by atoms with Crippen LogP contribution in [0.15, 0.2) is 18.2 Å². The number of anilines is 1. The number of nitro groups is 1. The molecule has 5 rings (SSSR count). The van der Waals surface area contributed by atoms with Crippen LogP contribution in [0.1, 0.15) is 37.7 Å². The molecule has 1 saturated carbocycles. The number of rotatable bonds is 2. The van der Waals surface area contributed by atoms with Gasteiger partial charge in [-0.1, -0.05) is 0 Å². The number of non-ortho nitro benzene ring substituents is 1. The Kier molecular flexibility index (Phi) is 3.74. The zero-order chi connectivity index (χ0) is 19.6. The maximum absolute atomic E-state index is 13.7. The zero-order valence-corrected chi connectivity index (χ0v) is 16.0. The van der Waals surface area contributed by atoms with Crippen LogP contribution in [0.2, 0.25) is 0 Å². The van der Waals surface area contributed by atoms with E-state index >= 15 is 0 Å². The second-order valence-corrected chi connectivity index (χ2v) is 8.48. The van der Waals surface area contributed by atoms with Crippen LogP contribution < -0.4 is 10.2 Å². The van der Waals surface area contributed by atoms with Gasteiger partial charge in [0.1, 0.15) is 0 Å². The van der Waals surface area contributed by atoms with Crippen LogP contribution in [-0.2, 0) is 16.0 Å². The summed E-state index contributed by atoms with van der Waals surface area (Å²) in [4.78, 5) is 41.5. The lowest BCUT2D eigenvalue weighted by atomic mass is 9.66. The highest BCUT2D eigenvalue weighted by atomic mass is 32.1. The van der Waals surface area contributed by atoms with E-state index in [0.29, 0.717) is 5.56 Å². The van der Waals surface area contributed by atoms with Gasteiger partial charge in [-0.15, -0.1) is 0 Å². The molecule has 1 spiro atoms. The molecule has 3 heterocycles. The van der Waals surface area contributed by atoms with E-state index in [0.717, 1.165) is 44.3 Å². The summed E-state index contributed by atoms with van der Waals surface area (Å²) in [7, 11) is 0. The van der Waals surface area contributed by atoms with Gasteiger partial charge in [-0.25, -0.2) is 0 Å². The van der Waals surface area contributed by atoms with Crippen molar-refractivity contribution in [3.05, 3.63) is 33.9 Å². The summed E-state index contributed by atoms with van der Waals surface area (Å²) in [5.74, 6) is -0.605. The minimum Gasteiger partial charge on any atom is -0.367 e. The molecular formula is C19H20N4O4S. The van der Waals surface area contributed by atoms with Gasteiger partial charge in [0.2, 0.25) is 11.8 Å². The number of nitrogens with zero attached hydrogens (tertiary/aromatic N) is 3. The van der Waals surface area contributed by atoms with Crippen molar-refractivity contribution in [2.24, 2.45) is 5.41 Å². The Morgan fingerprint density at radius 2 is 2.00 bits per heavy atom. The van der Waals surface area contributed by atoms with Gasteiger partial charge in [-0.2, -0.15) is 0 Å². The van der Waals surface area contributed by atoms with Crippen molar-refractivity contribution in [1.29, 1.82) is 0 Å². The highest BCUT2D eigenvalue weighted by Gasteiger charge is 2.62. The molecule has 2 amide bonds. The maximum Gasteiger partial charge on any atom is 0.269 e. The third-order valence-corrected chi connectivity index (χ3v) is 6.78. The van der Waals surface area contributed by atoms with Crippen LogP contribution in [0.25, 0.3) is 0 Å². The van der Waals surface area contributed by atoms with Gasteiger partial charge in [-0.3, -0.25) is 24.6 Å². The predicted octanol–water partition coefficient (Wildman–Crippen LogP) is 1.90. The first-order valence-electron chi connectivity index (χ1n) is 9.66. The number of hydrogen-bond donors (Lipinski definition) is 1. The number of nitro benzene ring substituents is 1. The Balaban J connectivity index is 1.66. The first kappa shape index (κ1) is 17.5. The molecule has 1 N–H and O–H groups in total. The molecule has 0 unspecified atom stereocenters. The molecule has 1 aliphatic carbocycles. The van der Waals surface area contributed by atoms with Crippen molar-refractivity contribution in [3.63, 3.8) is 0 Å². The summed E-state index contributed by atoms with van der Waals surface area (Å²) < 4.78 is 0. The molecule has 2 saturated heterocycles. The fourth-order valence-corrected chi connectivity index (χ4v) is 5.37. The smallest absolute Gasteiger partial charge is 0.269 e.